The lowest BCUT2D eigenvalue weighted by Gasteiger charge is -2.23. The molecular weight excluding hydrogens is 320 g/mol. The summed E-state index contributed by atoms with van der Waals surface area (Å²) in [6.07, 6.45) is 2.65. The van der Waals surface area contributed by atoms with Crippen molar-refractivity contribution in [1.29, 1.82) is 0 Å². The molecule has 2 N–H and O–H groups in total. The van der Waals surface area contributed by atoms with E-state index >= 15 is 0 Å². The van der Waals surface area contributed by atoms with Crippen LogP contribution in [0, 0.1) is 0 Å². The summed E-state index contributed by atoms with van der Waals surface area (Å²) < 4.78 is 28.9. The molecule has 1 aromatic heterocycles. The first-order valence-electron chi connectivity index (χ1n) is 6.32. The Bertz CT molecular complexity index is 719. The van der Waals surface area contributed by atoms with Gasteiger partial charge in [0, 0.05) is 32.9 Å². The van der Waals surface area contributed by atoms with E-state index in [0.29, 0.717) is 6.54 Å². The van der Waals surface area contributed by atoms with Crippen molar-refractivity contribution in [2.75, 3.05) is 13.1 Å². The maximum absolute atomic E-state index is 12.3. The van der Waals surface area contributed by atoms with E-state index in [1.165, 1.54) is 14.1 Å². The quantitative estimate of drug-likeness (QED) is 0.701. The first-order valence-corrected chi connectivity index (χ1v) is 7.81. The molecule has 0 spiro atoms. The Morgan fingerprint density at radius 2 is 2.00 bits per heavy atom. The molecule has 1 fully saturated rings. The number of halogens is 1. The van der Waals surface area contributed by atoms with Crippen LogP contribution in [0.15, 0.2) is 20.7 Å². The third-order valence-electron chi connectivity index (χ3n) is 3.32. The maximum Gasteiger partial charge on any atom is 0.330 e. The Morgan fingerprint density at radius 3 is 2.57 bits per heavy atom. The SMILES string of the molecule is Cl.Cn1cc(S(=O)(=O)N[C@H]2CCCNC2)c(=O)n(C)c1=O. The Labute approximate surface area is 128 Å². The maximum atomic E-state index is 12.3. The third-order valence-corrected chi connectivity index (χ3v) is 4.83. The summed E-state index contributed by atoms with van der Waals surface area (Å²) >= 11 is 0. The Hall–Kier alpha value is -1.16. The van der Waals surface area contributed by atoms with Crippen LogP contribution in [0.1, 0.15) is 12.8 Å². The minimum atomic E-state index is -3.94. The highest BCUT2D eigenvalue weighted by molar-refractivity contribution is 7.89. The fourth-order valence-corrected chi connectivity index (χ4v) is 3.63. The molecule has 0 bridgehead atoms. The average molecular weight is 339 g/mol. The predicted molar refractivity (Wildman–Crippen MR) is 80.4 cm³/mol. The van der Waals surface area contributed by atoms with Crippen LogP contribution in [0.5, 0.6) is 0 Å². The topological polar surface area (TPSA) is 102 Å². The number of aromatic nitrogens is 2. The van der Waals surface area contributed by atoms with E-state index in [0.717, 1.165) is 34.7 Å². The van der Waals surface area contributed by atoms with Crippen molar-refractivity contribution in [2.45, 2.75) is 23.8 Å². The van der Waals surface area contributed by atoms with Gasteiger partial charge in [-0.05, 0) is 19.4 Å². The molecule has 1 aliphatic heterocycles. The number of nitrogens with one attached hydrogen (secondary N) is 2. The van der Waals surface area contributed by atoms with Crippen molar-refractivity contribution < 1.29 is 8.42 Å². The number of rotatable bonds is 3. The molecule has 2 heterocycles. The third kappa shape index (κ3) is 3.73. The van der Waals surface area contributed by atoms with Gasteiger partial charge in [-0.2, -0.15) is 0 Å². The highest BCUT2D eigenvalue weighted by Crippen LogP contribution is 2.07. The number of hydrogen-bond acceptors (Lipinski definition) is 5. The molecule has 1 saturated heterocycles. The molecular formula is C11H19ClN4O4S. The molecule has 1 aliphatic rings. The van der Waals surface area contributed by atoms with Gasteiger partial charge in [0.1, 0.15) is 0 Å². The zero-order valence-electron chi connectivity index (χ0n) is 11.8. The Morgan fingerprint density at radius 1 is 1.33 bits per heavy atom. The fourth-order valence-electron chi connectivity index (χ4n) is 2.19. The van der Waals surface area contributed by atoms with Crippen molar-refractivity contribution in [3.63, 3.8) is 0 Å². The van der Waals surface area contributed by atoms with Crippen LogP contribution in [0.2, 0.25) is 0 Å². The number of hydrogen-bond donors (Lipinski definition) is 2. The minimum Gasteiger partial charge on any atom is -0.315 e. The molecule has 1 atom stereocenters. The van der Waals surface area contributed by atoms with Gasteiger partial charge in [-0.1, -0.05) is 0 Å². The van der Waals surface area contributed by atoms with Gasteiger partial charge in [0.05, 0.1) is 0 Å². The van der Waals surface area contributed by atoms with Crippen LogP contribution >= 0.6 is 12.4 Å². The van der Waals surface area contributed by atoms with Crippen LogP contribution in [-0.4, -0.2) is 36.7 Å². The second-order valence-corrected chi connectivity index (χ2v) is 6.60. The molecule has 1 aromatic rings. The van der Waals surface area contributed by atoms with E-state index in [1.807, 2.05) is 0 Å². The van der Waals surface area contributed by atoms with Crippen molar-refractivity contribution in [3.05, 3.63) is 27.0 Å². The number of piperidine rings is 1. The average Bonchev–Trinajstić information content (AvgIpc) is 2.41. The zero-order chi connectivity index (χ0) is 14.9. The Balaban J connectivity index is 0.00000220. The summed E-state index contributed by atoms with van der Waals surface area (Å²) in [6.45, 7) is 1.39. The molecule has 0 aromatic carbocycles. The normalized spacial score (nSPS) is 19.0. The van der Waals surface area contributed by atoms with Gasteiger partial charge in [-0.15, -0.1) is 12.4 Å². The largest absolute Gasteiger partial charge is 0.330 e. The van der Waals surface area contributed by atoms with E-state index in [1.54, 1.807) is 0 Å². The first kappa shape index (κ1) is 17.9. The minimum absolute atomic E-state index is 0. The van der Waals surface area contributed by atoms with Crippen molar-refractivity contribution >= 4 is 22.4 Å². The highest BCUT2D eigenvalue weighted by atomic mass is 35.5. The lowest BCUT2D eigenvalue weighted by Crippen LogP contribution is -2.48. The Kier molecular flexibility index (Phi) is 5.74. The monoisotopic (exact) mass is 338 g/mol. The summed E-state index contributed by atoms with van der Waals surface area (Å²) in [7, 11) is -1.27. The number of sulfonamides is 1. The van der Waals surface area contributed by atoms with Gasteiger partial charge >= 0.3 is 5.69 Å². The van der Waals surface area contributed by atoms with E-state index in [-0.39, 0.29) is 18.4 Å². The summed E-state index contributed by atoms with van der Waals surface area (Å²) in [4.78, 5) is 23.1. The molecule has 10 heteroatoms. The second-order valence-electron chi connectivity index (χ2n) is 4.92. The summed E-state index contributed by atoms with van der Waals surface area (Å²) in [5.74, 6) is 0. The van der Waals surface area contributed by atoms with E-state index in [4.69, 9.17) is 0 Å². The summed E-state index contributed by atoms with van der Waals surface area (Å²) in [5.41, 5.74) is -1.38. The van der Waals surface area contributed by atoms with Gasteiger partial charge in [0.2, 0.25) is 10.0 Å². The number of nitrogens with zero attached hydrogens (tertiary/aromatic N) is 2. The molecule has 0 amide bonds. The summed E-state index contributed by atoms with van der Waals surface area (Å²) in [6, 6.07) is -0.240. The van der Waals surface area contributed by atoms with Gasteiger partial charge in [0.25, 0.3) is 5.56 Å². The molecule has 0 unspecified atom stereocenters. The van der Waals surface area contributed by atoms with Crippen molar-refractivity contribution in [3.8, 4) is 0 Å². The van der Waals surface area contributed by atoms with E-state index in [9.17, 15) is 18.0 Å². The van der Waals surface area contributed by atoms with Crippen LogP contribution in [0.25, 0.3) is 0 Å². The van der Waals surface area contributed by atoms with Gasteiger partial charge in [-0.25, -0.2) is 17.9 Å². The van der Waals surface area contributed by atoms with Crippen molar-refractivity contribution in [1.82, 2.24) is 19.2 Å². The lowest BCUT2D eigenvalue weighted by molar-refractivity contribution is 0.428. The molecule has 0 saturated carbocycles. The highest BCUT2D eigenvalue weighted by Gasteiger charge is 2.25. The van der Waals surface area contributed by atoms with E-state index < -0.39 is 26.2 Å². The predicted octanol–water partition coefficient (Wildman–Crippen LogP) is -1.46. The van der Waals surface area contributed by atoms with Crippen LogP contribution in [0.4, 0.5) is 0 Å². The molecule has 8 nitrogen and oxygen atoms in total. The molecule has 0 aliphatic carbocycles. The second kappa shape index (κ2) is 6.73. The fraction of sp³-hybridized carbons (Fsp3) is 0.636. The molecule has 21 heavy (non-hydrogen) atoms. The van der Waals surface area contributed by atoms with Crippen LogP contribution in [0.3, 0.4) is 0 Å². The van der Waals surface area contributed by atoms with Gasteiger partial charge in [0.15, 0.2) is 4.90 Å². The van der Waals surface area contributed by atoms with Crippen LogP contribution < -0.4 is 21.3 Å². The first-order chi connectivity index (χ1) is 9.33. The lowest BCUT2D eigenvalue weighted by atomic mass is 10.1. The standard InChI is InChI=1S/C11H18N4O4S.ClH/c1-14-7-9(10(16)15(2)11(14)17)20(18,19)13-8-4-3-5-12-6-8;/h7-8,12-13H,3-6H2,1-2H3;1H/t8-;/m0./s1. The molecule has 0 radical (unpaired) electrons. The summed E-state index contributed by atoms with van der Waals surface area (Å²) in [5, 5.41) is 3.09. The van der Waals surface area contributed by atoms with E-state index in [2.05, 4.69) is 10.0 Å². The zero-order valence-corrected chi connectivity index (χ0v) is 13.5. The molecule has 2 rings (SSSR count). The number of aryl methyl sites for hydroxylation is 1. The van der Waals surface area contributed by atoms with Crippen LogP contribution in [-0.2, 0) is 24.1 Å². The van der Waals surface area contributed by atoms with Gasteiger partial charge < -0.3 is 9.88 Å². The van der Waals surface area contributed by atoms with Gasteiger partial charge in [-0.3, -0.25) is 9.36 Å². The molecule has 120 valence electrons. The van der Waals surface area contributed by atoms with Crippen molar-refractivity contribution in [2.24, 2.45) is 14.1 Å². The smallest absolute Gasteiger partial charge is 0.315 e.